The molecule has 0 aromatic carbocycles. The molecule has 1 fully saturated rings. The van der Waals surface area contributed by atoms with E-state index in [1.54, 1.807) is 17.6 Å². The fraction of sp³-hybridized carbons (Fsp3) is 0.467. The molecule has 21 heavy (non-hydrogen) atoms. The maximum atomic E-state index is 12.3. The fourth-order valence-electron chi connectivity index (χ4n) is 2.58. The molecule has 1 N–H and O–H groups in total. The number of nitrogens with one attached hydrogen (secondary N) is 1. The van der Waals surface area contributed by atoms with E-state index in [1.807, 2.05) is 29.5 Å². The number of hydrogen-bond donors (Lipinski definition) is 1. The Balaban J connectivity index is 1.62. The molecular weight excluding hydrogens is 286 g/mol. The predicted molar refractivity (Wildman–Crippen MR) is 82.2 cm³/mol. The van der Waals surface area contributed by atoms with E-state index in [-0.39, 0.29) is 5.91 Å². The van der Waals surface area contributed by atoms with Crippen LogP contribution in [0.5, 0.6) is 0 Å². The summed E-state index contributed by atoms with van der Waals surface area (Å²) in [6.45, 7) is 1.96. The van der Waals surface area contributed by atoms with E-state index in [0.717, 1.165) is 30.8 Å². The van der Waals surface area contributed by atoms with E-state index in [4.69, 9.17) is 4.42 Å². The van der Waals surface area contributed by atoms with Crippen molar-refractivity contribution in [1.82, 2.24) is 15.2 Å². The highest BCUT2D eigenvalue weighted by Gasteiger charge is 2.22. The SMILES string of the molecule is CN(C(=O)Cc1coc(-c2cccs2)n1)C1CCNCC1. The Labute approximate surface area is 128 Å². The van der Waals surface area contributed by atoms with E-state index in [1.165, 1.54) is 0 Å². The van der Waals surface area contributed by atoms with Crippen molar-refractivity contribution in [3.05, 3.63) is 29.5 Å². The summed E-state index contributed by atoms with van der Waals surface area (Å²) in [4.78, 5) is 19.6. The van der Waals surface area contributed by atoms with Crippen LogP contribution in [0, 0.1) is 0 Å². The number of amides is 1. The van der Waals surface area contributed by atoms with Crippen molar-refractivity contribution in [2.75, 3.05) is 20.1 Å². The molecule has 0 bridgehead atoms. The van der Waals surface area contributed by atoms with Crippen molar-refractivity contribution < 1.29 is 9.21 Å². The predicted octanol–water partition coefficient (Wildman–Crippen LogP) is 2.16. The van der Waals surface area contributed by atoms with Gasteiger partial charge in [-0.3, -0.25) is 4.79 Å². The van der Waals surface area contributed by atoms with Crippen LogP contribution in [0.4, 0.5) is 0 Å². The second-order valence-corrected chi connectivity index (χ2v) is 6.23. The molecular formula is C15H19N3O2S. The molecule has 1 saturated heterocycles. The first kappa shape index (κ1) is 14.3. The lowest BCUT2D eigenvalue weighted by atomic mass is 10.0. The van der Waals surface area contributed by atoms with Crippen LogP contribution in [0.25, 0.3) is 10.8 Å². The Morgan fingerprint density at radius 1 is 1.52 bits per heavy atom. The van der Waals surface area contributed by atoms with Crippen LogP contribution in [0.1, 0.15) is 18.5 Å². The van der Waals surface area contributed by atoms with Crippen molar-refractivity contribution in [2.24, 2.45) is 0 Å². The zero-order chi connectivity index (χ0) is 14.7. The van der Waals surface area contributed by atoms with Crippen molar-refractivity contribution in [3.8, 4) is 10.8 Å². The van der Waals surface area contributed by atoms with Gasteiger partial charge in [0.25, 0.3) is 0 Å². The minimum atomic E-state index is 0.105. The molecule has 5 nitrogen and oxygen atoms in total. The van der Waals surface area contributed by atoms with Gasteiger partial charge in [-0.25, -0.2) is 4.98 Å². The summed E-state index contributed by atoms with van der Waals surface area (Å²) in [6.07, 6.45) is 3.92. The Bertz CT molecular complexity index is 588. The second kappa shape index (κ2) is 6.41. The smallest absolute Gasteiger partial charge is 0.236 e. The van der Waals surface area contributed by atoms with Crippen LogP contribution in [0.15, 0.2) is 28.2 Å². The summed E-state index contributed by atoms with van der Waals surface area (Å²) in [5.41, 5.74) is 0.698. The van der Waals surface area contributed by atoms with E-state index in [0.29, 0.717) is 24.0 Å². The zero-order valence-corrected chi connectivity index (χ0v) is 12.9. The largest absolute Gasteiger partial charge is 0.444 e. The van der Waals surface area contributed by atoms with Gasteiger partial charge in [0.1, 0.15) is 6.26 Å². The quantitative estimate of drug-likeness (QED) is 0.940. The summed E-state index contributed by atoms with van der Waals surface area (Å²) in [7, 11) is 1.89. The van der Waals surface area contributed by atoms with E-state index in [2.05, 4.69) is 10.3 Å². The summed E-state index contributed by atoms with van der Waals surface area (Å²) in [5, 5.41) is 5.29. The minimum Gasteiger partial charge on any atom is -0.444 e. The summed E-state index contributed by atoms with van der Waals surface area (Å²) in [6, 6.07) is 4.26. The molecule has 0 aliphatic carbocycles. The van der Waals surface area contributed by atoms with Crippen molar-refractivity contribution in [3.63, 3.8) is 0 Å². The number of carbonyl (C=O) groups excluding carboxylic acids is 1. The Morgan fingerprint density at radius 2 is 2.33 bits per heavy atom. The van der Waals surface area contributed by atoms with Gasteiger partial charge >= 0.3 is 0 Å². The lowest BCUT2D eigenvalue weighted by molar-refractivity contribution is -0.131. The second-order valence-electron chi connectivity index (χ2n) is 5.28. The number of likely N-dealkylation sites (N-methyl/N-ethyl adjacent to an activating group) is 1. The lowest BCUT2D eigenvalue weighted by Crippen LogP contribution is -2.44. The first-order valence-electron chi connectivity index (χ1n) is 7.18. The molecule has 1 aliphatic heterocycles. The maximum absolute atomic E-state index is 12.3. The Kier molecular flexibility index (Phi) is 4.36. The van der Waals surface area contributed by atoms with Gasteiger partial charge in [0.15, 0.2) is 0 Å². The van der Waals surface area contributed by atoms with Gasteiger partial charge in [0, 0.05) is 13.1 Å². The molecule has 0 spiro atoms. The molecule has 2 aromatic rings. The minimum absolute atomic E-state index is 0.105. The van der Waals surface area contributed by atoms with Gasteiger partial charge in [-0.2, -0.15) is 0 Å². The number of rotatable bonds is 4. The molecule has 1 amide bonds. The van der Waals surface area contributed by atoms with Gasteiger partial charge in [0.05, 0.1) is 17.0 Å². The van der Waals surface area contributed by atoms with Crippen LogP contribution in [-0.4, -0.2) is 42.0 Å². The molecule has 3 heterocycles. The van der Waals surface area contributed by atoms with E-state index < -0.39 is 0 Å². The third-order valence-corrected chi connectivity index (χ3v) is 4.72. The monoisotopic (exact) mass is 305 g/mol. The number of carbonyl (C=O) groups is 1. The zero-order valence-electron chi connectivity index (χ0n) is 12.0. The molecule has 3 rings (SSSR count). The van der Waals surface area contributed by atoms with Gasteiger partial charge in [0.2, 0.25) is 11.8 Å². The van der Waals surface area contributed by atoms with Crippen LogP contribution in [0.2, 0.25) is 0 Å². The summed E-state index contributed by atoms with van der Waals surface area (Å²) >= 11 is 1.58. The fourth-order valence-corrected chi connectivity index (χ4v) is 3.23. The molecule has 0 saturated carbocycles. The highest BCUT2D eigenvalue weighted by atomic mass is 32.1. The van der Waals surface area contributed by atoms with Crippen LogP contribution < -0.4 is 5.32 Å². The molecule has 112 valence electrons. The van der Waals surface area contributed by atoms with Crippen molar-refractivity contribution in [1.29, 1.82) is 0 Å². The molecule has 0 atom stereocenters. The van der Waals surface area contributed by atoms with Crippen LogP contribution >= 0.6 is 11.3 Å². The number of nitrogens with zero attached hydrogens (tertiary/aromatic N) is 2. The lowest BCUT2D eigenvalue weighted by Gasteiger charge is -2.31. The van der Waals surface area contributed by atoms with Gasteiger partial charge in [-0.1, -0.05) is 6.07 Å². The maximum Gasteiger partial charge on any atom is 0.236 e. The standard InChI is InChI=1S/C15H19N3O2S/c1-18(12-4-6-16-7-5-12)14(19)9-11-10-20-15(17-11)13-3-2-8-21-13/h2-3,8,10,12,16H,4-7,9H2,1H3. The van der Waals surface area contributed by atoms with Gasteiger partial charge in [-0.05, 0) is 37.4 Å². The number of oxazole rings is 1. The number of piperidine rings is 1. The topological polar surface area (TPSA) is 58.4 Å². The molecule has 1 aliphatic rings. The third kappa shape index (κ3) is 3.33. The molecule has 0 unspecified atom stereocenters. The van der Waals surface area contributed by atoms with Gasteiger partial charge in [-0.15, -0.1) is 11.3 Å². The first-order chi connectivity index (χ1) is 10.2. The van der Waals surface area contributed by atoms with Crippen LogP contribution in [0.3, 0.4) is 0 Å². The Morgan fingerprint density at radius 3 is 3.05 bits per heavy atom. The molecule has 0 radical (unpaired) electrons. The molecule has 2 aromatic heterocycles. The van der Waals surface area contributed by atoms with E-state index in [9.17, 15) is 4.79 Å². The van der Waals surface area contributed by atoms with Crippen molar-refractivity contribution in [2.45, 2.75) is 25.3 Å². The molecule has 6 heteroatoms. The Hall–Kier alpha value is -1.66. The normalized spacial score (nSPS) is 16.0. The number of aromatic nitrogens is 1. The average molecular weight is 305 g/mol. The van der Waals surface area contributed by atoms with E-state index >= 15 is 0 Å². The highest BCUT2D eigenvalue weighted by molar-refractivity contribution is 7.13. The van der Waals surface area contributed by atoms with Crippen molar-refractivity contribution >= 4 is 17.2 Å². The summed E-state index contributed by atoms with van der Waals surface area (Å²) in [5.74, 6) is 0.699. The first-order valence-corrected chi connectivity index (χ1v) is 8.06. The number of hydrogen-bond acceptors (Lipinski definition) is 5. The number of thiophene rings is 1. The van der Waals surface area contributed by atoms with Gasteiger partial charge < -0.3 is 14.6 Å². The van der Waals surface area contributed by atoms with Crippen LogP contribution in [-0.2, 0) is 11.2 Å². The third-order valence-electron chi connectivity index (χ3n) is 3.87. The average Bonchev–Trinajstić information content (AvgIpc) is 3.18. The highest BCUT2D eigenvalue weighted by Crippen LogP contribution is 2.24. The summed E-state index contributed by atoms with van der Waals surface area (Å²) < 4.78 is 5.45.